The van der Waals surface area contributed by atoms with Gasteiger partial charge in [-0.15, -0.1) is 0 Å². The van der Waals surface area contributed by atoms with Gasteiger partial charge in [0.15, 0.2) is 0 Å². The number of ether oxygens (including phenoxy) is 1. The van der Waals surface area contributed by atoms with E-state index in [1.165, 1.54) is 11.1 Å². The molecule has 4 rings (SSSR count). The largest absolute Gasteiger partial charge is 0.379 e. The number of carbonyl (C=O) groups is 1. The smallest absolute Gasteiger partial charge is 0.254 e. The summed E-state index contributed by atoms with van der Waals surface area (Å²) >= 11 is 6.19. The van der Waals surface area contributed by atoms with Gasteiger partial charge in [-0.3, -0.25) is 9.69 Å². The molecule has 0 saturated carbocycles. The molecule has 33 heavy (non-hydrogen) atoms. The SMILES string of the molecule is Cc1cccc(C(CNC(=O)c2cnn(-c3cccc(Cl)c3)c2C(C)C)N2CCOCC2)c1. The summed E-state index contributed by atoms with van der Waals surface area (Å²) in [6.07, 6.45) is 1.65. The molecule has 3 aromatic rings. The number of hydrogen-bond donors (Lipinski definition) is 1. The fourth-order valence-electron chi connectivity index (χ4n) is 4.41. The third kappa shape index (κ3) is 5.46. The normalized spacial score (nSPS) is 15.5. The maximum Gasteiger partial charge on any atom is 0.254 e. The van der Waals surface area contributed by atoms with E-state index in [9.17, 15) is 4.79 Å². The van der Waals surface area contributed by atoms with Gasteiger partial charge in [0.1, 0.15) is 0 Å². The number of amides is 1. The topological polar surface area (TPSA) is 59.4 Å². The van der Waals surface area contributed by atoms with Crippen molar-refractivity contribution in [3.63, 3.8) is 0 Å². The molecule has 6 nitrogen and oxygen atoms in total. The molecule has 2 aromatic carbocycles. The number of nitrogens with zero attached hydrogens (tertiary/aromatic N) is 3. The van der Waals surface area contributed by atoms with E-state index >= 15 is 0 Å². The van der Waals surface area contributed by atoms with E-state index in [1.54, 1.807) is 6.20 Å². The van der Waals surface area contributed by atoms with Gasteiger partial charge in [0.2, 0.25) is 0 Å². The quantitative estimate of drug-likeness (QED) is 0.545. The van der Waals surface area contributed by atoms with Crippen LogP contribution in [0.2, 0.25) is 5.02 Å². The minimum Gasteiger partial charge on any atom is -0.379 e. The summed E-state index contributed by atoms with van der Waals surface area (Å²) in [5.74, 6) is -0.00284. The maximum atomic E-state index is 13.3. The van der Waals surface area contributed by atoms with Crippen LogP contribution in [0, 0.1) is 6.92 Å². The van der Waals surface area contributed by atoms with Crippen molar-refractivity contribution in [3.05, 3.63) is 82.1 Å². The second kappa shape index (κ2) is 10.5. The fourth-order valence-corrected chi connectivity index (χ4v) is 4.60. The monoisotopic (exact) mass is 466 g/mol. The molecule has 174 valence electrons. The van der Waals surface area contributed by atoms with Crippen LogP contribution in [0.4, 0.5) is 0 Å². The Hall–Kier alpha value is -2.67. The van der Waals surface area contributed by atoms with Gasteiger partial charge in [0.25, 0.3) is 5.91 Å². The Morgan fingerprint density at radius 1 is 1.15 bits per heavy atom. The highest BCUT2D eigenvalue weighted by molar-refractivity contribution is 6.30. The molecule has 2 heterocycles. The first kappa shape index (κ1) is 23.5. The number of halogens is 1. The summed E-state index contributed by atoms with van der Waals surface area (Å²) in [5, 5.41) is 8.35. The lowest BCUT2D eigenvalue weighted by atomic mass is 10.0. The summed E-state index contributed by atoms with van der Waals surface area (Å²) in [4.78, 5) is 15.7. The van der Waals surface area contributed by atoms with E-state index in [0.717, 1.165) is 24.5 Å². The molecule has 0 aliphatic carbocycles. The zero-order valence-electron chi connectivity index (χ0n) is 19.4. The molecule has 1 aliphatic heterocycles. The number of carbonyl (C=O) groups excluding carboxylic acids is 1. The zero-order chi connectivity index (χ0) is 23.4. The van der Waals surface area contributed by atoms with Gasteiger partial charge < -0.3 is 10.1 Å². The van der Waals surface area contributed by atoms with Crippen molar-refractivity contribution in [1.82, 2.24) is 20.0 Å². The summed E-state index contributed by atoms with van der Waals surface area (Å²) < 4.78 is 7.36. The maximum absolute atomic E-state index is 13.3. The Morgan fingerprint density at radius 3 is 2.61 bits per heavy atom. The van der Waals surface area contributed by atoms with Crippen molar-refractivity contribution in [1.29, 1.82) is 0 Å². The van der Waals surface area contributed by atoms with Crippen molar-refractivity contribution < 1.29 is 9.53 Å². The van der Waals surface area contributed by atoms with Gasteiger partial charge in [-0.1, -0.05) is 61.3 Å². The predicted octanol–water partition coefficient (Wildman–Crippen LogP) is 4.76. The lowest BCUT2D eigenvalue weighted by Gasteiger charge is -2.35. The summed E-state index contributed by atoms with van der Waals surface area (Å²) in [6.45, 7) is 9.85. The van der Waals surface area contributed by atoms with Crippen LogP contribution in [0.25, 0.3) is 5.69 Å². The van der Waals surface area contributed by atoms with Crippen LogP contribution in [-0.4, -0.2) is 53.4 Å². The standard InChI is InChI=1S/C26H31ClN4O2/c1-18(2)25-23(16-29-31(25)22-9-5-8-21(27)15-22)26(32)28-17-24(30-10-12-33-13-11-30)20-7-4-6-19(3)14-20/h4-9,14-16,18,24H,10-13,17H2,1-3H3,(H,28,32). The van der Waals surface area contributed by atoms with Crippen molar-refractivity contribution in [2.24, 2.45) is 0 Å². The second-order valence-electron chi connectivity index (χ2n) is 8.78. The van der Waals surface area contributed by atoms with E-state index in [-0.39, 0.29) is 17.9 Å². The molecule has 1 fully saturated rings. The molecular formula is C26H31ClN4O2. The number of nitrogens with one attached hydrogen (secondary N) is 1. The van der Waals surface area contributed by atoms with Gasteiger partial charge in [-0.25, -0.2) is 4.68 Å². The summed E-state index contributed by atoms with van der Waals surface area (Å²) in [6, 6.07) is 16.1. The molecule has 0 spiro atoms. The number of benzene rings is 2. The van der Waals surface area contributed by atoms with Gasteiger partial charge >= 0.3 is 0 Å². The Morgan fingerprint density at radius 2 is 1.91 bits per heavy atom. The Bertz CT molecular complexity index is 1110. The average molecular weight is 467 g/mol. The van der Waals surface area contributed by atoms with Crippen LogP contribution >= 0.6 is 11.6 Å². The van der Waals surface area contributed by atoms with E-state index in [2.05, 4.69) is 60.4 Å². The minimum atomic E-state index is -0.113. The number of hydrogen-bond acceptors (Lipinski definition) is 4. The zero-order valence-corrected chi connectivity index (χ0v) is 20.2. The Labute approximate surface area is 200 Å². The molecule has 1 aromatic heterocycles. The molecule has 7 heteroatoms. The van der Waals surface area contributed by atoms with Crippen molar-refractivity contribution in [3.8, 4) is 5.69 Å². The second-order valence-corrected chi connectivity index (χ2v) is 9.21. The molecule has 0 bridgehead atoms. The summed E-state index contributed by atoms with van der Waals surface area (Å²) in [7, 11) is 0. The van der Waals surface area contributed by atoms with E-state index in [1.807, 2.05) is 28.9 Å². The summed E-state index contributed by atoms with van der Waals surface area (Å²) in [5.41, 5.74) is 4.72. The van der Waals surface area contributed by atoms with E-state index in [0.29, 0.717) is 30.3 Å². The van der Waals surface area contributed by atoms with Crippen molar-refractivity contribution in [2.45, 2.75) is 32.7 Å². The lowest BCUT2D eigenvalue weighted by Crippen LogP contribution is -2.44. The number of aryl methyl sites for hydroxylation is 1. The van der Waals surface area contributed by atoms with Gasteiger partial charge in [-0.05, 0) is 36.6 Å². The Balaban J connectivity index is 1.57. The number of rotatable bonds is 7. The van der Waals surface area contributed by atoms with Crippen LogP contribution in [0.1, 0.15) is 53.0 Å². The Kier molecular flexibility index (Phi) is 7.48. The van der Waals surface area contributed by atoms with E-state index in [4.69, 9.17) is 16.3 Å². The predicted molar refractivity (Wildman–Crippen MR) is 131 cm³/mol. The molecule has 1 amide bonds. The highest BCUT2D eigenvalue weighted by Gasteiger charge is 2.26. The third-order valence-corrected chi connectivity index (χ3v) is 6.26. The fraction of sp³-hybridized carbons (Fsp3) is 0.385. The van der Waals surface area contributed by atoms with Crippen LogP contribution in [0.5, 0.6) is 0 Å². The average Bonchev–Trinajstić information content (AvgIpc) is 3.26. The van der Waals surface area contributed by atoms with Crippen LogP contribution in [0.15, 0.2) is 54.7 Å². The number of morpholine rings is 1. The van der Waals surface area contributed by atoms with Crippen LogP contribution in [-0.2, 0) is 4.74 Å². The van der Waals surface area contributed by atoms with Gasteiger partial charge in [0.05, 0.1) is 42.4 Å². The number of aromatic nitrogens is 2. The van der Waals surface area contributed by atoms with Crippen molar-refractivity contribution >= 4 is 17.5 Å². The molecule has 1 unspecified atom stereocenters. The molecule has 1 saturated heterocycles. The molecule has 1 atom stereocenters. The first-order valence-corrected chi connectivity index (χ1v) is 11.8. The van der Waals surface area contributed by atoms with Crippen molar-refractivity contribution in [2.75, 3.05) is 32.8 Å². The first-order valence-electron chi connectivity index (χ1n) is 11.4. The van der Waals surface area contributed by atoms with Crippen LogP contribution in [0.3, 0.4) is 0 Å². The minimum absolute atomic E-state index is 0.0863. The van der Waals surface area contributed by atoms with Crippen LogP contribution < -0.4 is 5.32 Å². The molecule has 1 N–H and O–H groups in total. The molecular weight excluding hydrogens is 436 g/mol. The molecule has 1 aliphatic rings. The molecule has 0 radical (unpaired) electrons. The highest BCUT2D eigenvalue weighted by atomic mass is 35.5. The van der Waals surface area contributed by atoms with Gasteiger partial charge in [0, 0.05) is 24.7 Å². The highest BCUT2D eigenvalue weighted by Crippen LogP contribution is 2.26. The first-order chi connectivity index (χ1) is 15.9. The van der Waals surface area contributed by atoms with E-state index < -0.39 is 0 Å². The van der Waals surface area contributed by atoms with Gasteiger partial charge in [-0.2, -0.15) is 5.10 Å². The lowest BCUT2D eigenvalue weighted by molar-refractivity contribution is 0.0162. The third-order valence-electron chi connectivity index (χ3n) is 6.02.